The van der Waals surface area contributed by atoms with Gasteiger partial charge in [-0.3, -0.25) is 9.69 Å². The molecule has 0 amide bonds. The molecule has 0 aliphatic rings. The molecule has 0 heterocycles. The fourth-order valence-electron chi connectivity index (χ4n) is 2.44. The molecule has 3 heteroatoms. The zero-order valence-electron chi connectivity index (χ0n) is 12.2. The van der Waals surface area contributed by atoms with E-state index in [2.05, 4.69) is 18.7 Å². The highest BCUT2D eigenvalue weighted by molar-refractivity contribution is 5.75. The van der Waals surface area contributed by atoms with Crippen molar-refractivity contribution in [2.45, 2.75) is 39.7 Å². The van der Waals surface area contributed by atoms with Crippen molar-refractivity contribution in [2.24, 2.45) is 5.92 Å². The van der Waals surface area contributed by atoms with Crippen LogP contribution in [0.3, 0.4) is 0 Å². The third kappa shape index (κ3) is 4.35. The number of rotatable bonds is 8. The van der Waals surface area contributed by atoms with Crippen LogP contribution in [0.2, 0.25) is 0 Å². The van der Waals surface area contributed by atoms with Crippen LogP contribution in [0, 0.1) is 5.92 Å². The van der Waals surface area contributed by atoms with Crippen LogP contribution in [0.4, 0.5) is 0 Å². The Morgan fingerprint density at radius 3 is 2.16 bits per heavy atom. The molecule has 1 aromatic rings. The topological polar surface area (TPSA) is 40.5 Å². The average Bonchev–Trinajstić information content (AvgIpc) is 2.43. The first-order chi connectivity index (χ1) is 9.13. The average molecular weight is 263 g/mol. The molecular weight excluding hydrogens is 238 g/mol. The molecule has 1 unspecified atom stereocenters. The number of carboxylic acid groups (broad SMARTS) is 1. The second-order valence-corrected chi connectivity index (χ2v) is 4.92. The van der Waals surface area contributed by atoms with Gasteiger partial charge in [-0.1, -0.05) is 63.9 Å². The Morgan fingerprint density at radius 1 is 1.16 bits per heavy atom. The van der Waals surface area contributed by atoms with Gasteiger partial charge in [0.25, 0.3) is 0 Å². The van der Waals surface area contributed by atoms with Crippen LogP contribution in [-0.4, -0.2) is 29.1 Å². The maximum atomic E-state index is 11.6. The zero-order valence-corrected chi connectivity index (χ0v) is 12.2. The predicted octanol–water partition coefficient (Wildman–Crippen LogP) is 3.57. The van der Waals surface area contributed by atoms with Crippen molar-refractivity contribution in [2.75, 3.05) is 13.1 Å². The molecule has 0 saturated carbocycles. The van der Waals surface area contributed by atoms with E-state index in [-0.39, 0.29) is 0 Å². The Morgan fingerprint density at radius 2 is 1.74 bits per heavy atom. The molecule has 0 bridgehead atoms. The molecular formula is C16H25NO2. The number of aliphatic carboxylic acids is 1. The van der Waals surface area contributed by atoms with E-state index in [4.69, 9.17) is 0 Å². The summed E-state index contributed by atoms with van der Waals surface area (Å²) in [5.41, 5.74) is 0.864. The molecule has 0 fully saturated rings. The summed E-state index contributed by atoms with van der Waals surface area (Å²) < 4.78 is 0. The maximum Gasteiger partial charge on any atom is 0.325 e. The van der Waals surface area contributed by atoms with Gasteiger partial charge in [-0.15, -0.1) is 0 Å². The summed E-state index contributed by atoms with van der Waals surface area (Å²) in [4.78, 5) is 13.7. The predicted molar refractivity (Wildman–Crippen MR) is 78.1 cm³/mol. The van der Waals surface area contributed by atoms with Gasteiger partial charge in [0.15, 0.2) is 0 Å². The highest BCUT2D eigenvalue weighted by Crippen LogP contribution is 2.23. The summed E-state index contributed by atoms with van der Waals surface area (Å²) in [6, 6.07) is 8.97. The Labute approximate surface area is 116 Å². The van der Waals surface area contributed by atoms with E-state index < -0.39 is 12.0 Å². The minimum Gasteiger partial charge on any atom is -0.480 e. The minimum absolute atomic E-state index is 0.535. The number of hydrogen-bond donors (Lipinski definition) is 1. The summed E-state index contributed by atoms with van der Waals surface area (Å²) in [6.07, 6.45) is 2.18. The van der Waals surface area contributed by atoms with Crippen LogP contribution >= 0.6 is 0 Å². The van der Waals surface area contributed by atoms with Crippen LogP contribution in [0.25, 0.3) is 0 Å². The van der Waals surface area contributed by atoms with Gasteiger partial charge < -0.3 is 5.11 Å². The van der Waals surface area contributed by atoms with E-state index in [0.717, 1.165) is 31.5 Å². The van der Waals surface area contributed by atoms with Gasteiger partial charge in [-0.05, 0) is 18.0 Å². The smallest absolute Gasteiger partial charge is 0.325 e. The highest BCUT2D eigenvalue weighted by Gasteiger charge is 2.27. The quantitative estimate of drug-likeness (QED) is 0.779. The normalized spacial score (nSPS) is 12.9. The van der Waals surface area contributed by atoms with Crippen LogP contribution in [-0.2, 0) is 4.79 Å². The van der Waals surface area contributed by atoms with Gasteiger partial charge in [-0.2, -0.15) is 0 Å². The van der Waals surface area contributed by atoms with Crippen molar-refractivity contribution >= 4 is 5.97 Å². The van der Waals surface area contributed by atoms with Gasteiger partial charge in [0.05, 0.1) is 0 Å². The lowest BCUT2D eigenvalue weighted by Gasteiger charge is -2.31. The number of carboxylic acids is 1. The number of likely N-dealkylation sites (N-methyl/N-ethyl adjacent to an activating group) is 1. The molecule has 0 spiro atoms. The lowest BCUT2D eigenvalue weighted by Crippen LogP contribution is -2.37. The van der Waals surface area contributed by atoms with Crippen molar-refractivity contribution in [1.29, 1.82) is 0 Å². The molecule has 1 aromatic carbocycles. The van der Waals surface area contributed by atoms with Crippen LogP contribution in [0.15, 0.2) is 30.3 Å². The number of nitrogens with zero attached hydrogens (tertiary/aromatic N) is 1. The first-order valence-electron chi connectivity index (χ1n) is 7.15. The lowest BCUT2D eigenvalue weighted by atomic mass is 9.99. The largest absolute Gasteiger partial charge is 0.480 e. The van der Waals surface area contributed by atoms with Crippen molar-refractivity contribution in [3.05, 3.63) is 35.9 Å². The summed E-state index contributed by atoms with van der Waals surface area (Å²) in [7, 11) is 0. The fourth-order valence-corrected chi connectivity index (χ4v) is 2.44. The highest BCUT2D eigenvalue weighted by atomic mass is 16.4. The van der Waals surface area contributed by atoms with Crippen LogP contribution in [0.1, 0.15) is 45.2 Å². The summed E-state index contributed by atoms with van der Waals surface area (Å²) >= 11 is 0. The molecule has 0 aromatic heterocycles. The minimum atomic E-state index is -0.765. The van der Waals surface area contributed by atoms with E-state index >= 15 is 0 Å². The van der Waals surface area contributed by atoms with Gasteiger partial charge in [0.2, 0.25) is 0 Å². The van der Waals surface area contributed by atoms with Gasteiger partial charge in [0.1, 0.15) is 6.04 Å². The van der Waals surface area contributed by atoms with Crippen molar-refractivity contribution in [3.63, 3.8) is 0 Å². The van der Waals surface area contributed by atoms with E-state index in [9.17, 15) is 9.90 Å². The van der Waals surface area contributed by atoms with E-state index in [1.807, 2.05) is 37.3 Å². The molecule has 19 heavy (non-hydrogen) atoms. The molecule has 3 nitrogen and oxygen atoms in total. The van der Waals surface area contributed by atoms with Crippen LogP contribution < -0.4 is 0 Å². The third-order valence-corrected chi connectivity index (χ3v) is 3.77. The van der Waals surface area contributed by atoms with Gasteiger partial charge in [-0.25, -0.2) is 0 Å². The first-order valence-corrected chi connectivity index (χ1v) is 7.15. The second kappa shape index (κ2) is 7.95. The number of benzene rings is 1. The van der Waals surface area contributed by atoms with Gasteiger partial charge >= 0.3 is 5.97 Å². The maximum absolute atomic E-state index is 11.6. The Kier molecular flexibility index (Phi) is 6.57. The lowest BCUT2D eigenvalue weighted by molar-refractivity contribution is -0.143. The van der Waals surface area contributed by atoms with Crippen molar-refractivity contribution in [1.82, 2.24) is 4.90 Å². The SMILES string of the molecule is CCC(CC)CN(CC)C(C(=O)O)c1ccccc1. The van der Waals surface area contributed by atoms with E-state index in [1.54, 1.807) is 0 Å². The van der Waals surface area contributed by atoms with Gasteiger partial charge in [0, 0.05) is 6.54 Å². The number of hydrogen-bond acceptors (Lipinski definition) is 2. The molecule has 0 aliphatic carbocycles. The fraction of sp³-hybridized carbons (Fsp3) is 0.562. The molecule has 0 radical (unpaired) electrons. The molecule has 1 atom stereocenters. The summed E-state index contributed by atoms with van der Waals surface area (Å²) in [5, 5.41) is 9.54. The Balaban J connectivity index is 2.93. The van der Waals surface area contributed by atoms with Crippen molar-refractivity contribution in [3.8, 4) is 0 Å². The Bertz CT molecular complexity index is 374. The molecule has 106 valence electrons. The molecule has 0 saturated heterocycles. The zero-order chi connectivity index (χ0) is 14.3. The monoisotopic (exact) mass is 263 g/mol. The van der Waals surface area contributed by atoms with E-state index in [1.165, 1.54) is 0 Å². The van der Waals surface area contributed by atoms with E-state index in [0.29, 0.717) is 5.92 Å². The molecule has 1 rings (SSSR count). The third-order valence-electron chi connectivity index (χ3n) is 3.77. The number of carbonyl (C=O) groups is 1. The van der Waals surface area contributed by atoms with Crippen molar-refractivity contribution < 1.29 is 9.90 Å². The first kappa shape index (κ1) is 15.7. The van der Waals surface area contributed by atoms with Crippen LogP contribution in [0.5, 0.6) is 0 Å². The molecule has 1 N–H and O–H groups in total. The summed E-state index contributed by atoms with van der Waals surface area (Å²) in [5.74, 6) is -0.204. The second-order valence-electron chi connectivity index (χ2n) is 4.92. The standard InChI is InChI=1S/C16H25NO2/c1-4-13(5-2)12-17(6-3)15(16(18)19)14-10-8-7-9-11-14/h7-11,13,15H,4-6,12H2,1-3H3,(H,18,19). The summed E-state index contributed by atoms with van der Waals surface area (Å²) in [6.45, 7) is 7.96. The Hall–Kier alpha value is -1.35. The molecule has 0 aliphatic heterocycles.